The third-order valence-corrected chi connectivity index (χ3v) is 3.99. The maximum absolute atomic E-state index is 10.8. The van der Waals surface area contributed by atoms with E-state index >= 15 is 0 Å². The summed E-state index contributed by atoms with van der Waals surface area (Å²) in [6.45, 7) is 4.55. The highest BCUT2D eigenvalue weighted by Crippen LogP contribution is 2.22. The van der Waals surface area contributed by atoms with Crippen LogP contribution in [-0.2, 0) is 6.61 Å². The third kappa shape index (κ3) is 3.56. The van der Waals surface area contributed by atoms with Crippen molar-refractivity contribution in [3.05, 3.63) is 62.2 Å². The van der Waals surface area contributed by atoms with Gasteiger partial charge in [0.25, 0.3) is 0 Å². The molecule has 3 heteroatoms. The Kier molecular flexibility index (Phi) is 4.58. The van der Waals surface area contributed by atoms with E-state index in [0.717, 1.165) is 26.7 Å². The molecular weight excluding hydrogens is 351 g/mol. The maximum atomic E-state index is 10.8. The number of hydrogen-bond donors (Lipinski definition) is 0. The van der Waals surface area contributed by atoms with Crippen molar-refractivity contribution in [3.63, 3.8) is 0 Å². The molecule has 0 fully saturated rings. The fraction of sp³-hybridized carbons (Fsp3) is 0.188. The van der Waals surface area contributed by atoms with Gasteiger partial charge in [0.05, 0.1) is 0 Å². The van der Waals surface area contributed by atoms with Gasteiger partial charge in [0.2, 0.25) is 0 Å². The Morgan fingerprint density at radius 1 is 1.16 bits per heavy atom. The van der Waals surface area contributed by atoms with E-state index in [-0.39, 0.29) is 0 Å². The van der Waals surface area contributed by atoms with Crippen molar-refractivity contribution < 1.29 is 9.53 Å². The summed E-state index contributed by atoms with van der Waals surface area (Å²) in [6, 6.07) is 11.8. The Morgan fingerprint density at radius 3 is 2.68 bits per heavy atom. The fourth-order valence-corrected chi connectivity index (χ4v) is 2.29. The van der Waals surface area contributed by atoms with Crippen molar-refractivity contribution in [2.75, 3.05) is 0 Å². The van der Waals surface area contributed by atoms with Gasteiger partial charge in [-0.25, -0.2) is 0 Å². The summed E-state index contributed by atoms with van der Waals surface area (Å²) < 4.78 is 6.97. The van der Waals surface area contributed by atoms with Crippen molar-refractivity contribution in [3.8, 4) is 5.75 Å². The van der Waals surface area contributed by atoms with Gasteiger partial charge in [-0.15, -0.1) is 0 Å². The minimum Gasteiger partial charge on any atom is -0.489 e. The van der Waals surface area contributed by atoms with Crippen molar-refractivity contribution in [1.29, 1.82) is 0 Å². The van der Waals surface area contributed by atoms with Crippen molar-refractivity contribution in [1.82, 2.24) is 0 Å². The van der Waals surface area contributed by atoms with Gasteiger partial charge >= 0.3 is 0 Å². The number of rotatable bonds is 4. The van der Waals surface area contributed by atoms with Crippen LogP contribution in [0.25, 0.3) is 0 Å². The molecule has 0 aliphatic carbocycles. The molecule has 0 aromatic heterocycles. The first-order chi connectivity index (χ1) is 9.10. The standard InChI is InChI=1S/C16H15IO2/c1-11-3-4-12(2)16(7-11)19-10-14-8-13(9-18)5-6-15(14)17/h3-9H,10H2,1-2H3. The largest absolute Gasteiger partial charge is 0.489 e. The highest BCUT2D eigenvalue weighted by molar-refractivity contribution is 14.1. The first kappa shape index (κ1) is 14.1. The molecule has 0 saturated carbocycles. The summed E-state index contributed by atoms with van der Waals surface area (Å²) >= 11 is 2.26. The van der Waals surface area contributed by atoms with Crippen LogP contribution < -0.4 is 4.74 Å². The van der Waals surface area contributed by atoms with Crippen LogP contribution >= 0.6 is 22.6 Å². The van der Waals surface area contributed by atoms with Crippen LogP contribution in [0.15, 0.2) is 36.4 Å². The second kappa shape index (κ2) is 6.19. The van der Waals surface area contributed by atoms with E-state index in [2.05, 4.69) is 34.7 Å². The number of halogens is 1. The van der Waals surface area contributed by atoms with Crippen LogP contribution in [0.5, 0.6) is 5.75 Å². The van der Waals surface area contributed by atoms with E-state index in [1.807, 2.05) is 38.1 Å². The molecule has 0 aliphatic rings. The molecule has 2 aromatic rings. The van der Waals surface area contributed by atoms with Gasteiger partial charge in [-0.2, -0.15) is 0 Å². The molecular formula is C16H15IO2. The normalized spacial score (nSPS) is 10.3. The van der Waals surface area contributed by atoms with Gasteiger partial charge in [0.1, 0.15) is 18.6 Å². The lowest BCUT2D eigenvalue weighted by Gasteiger charge is -2.11. The van der Waals surface area contributed by atoms with Gasteiger partial charge in [-0.05, 0) is 65.8 Å². The fourth-order valence-electron chi connectivity index (χ4n) is 1.80. The van der Waals surface area contributed by atoms with Gasteiger partial charge in [0.15, 0.2) is 0 Å². The summed E-state index contributed by atoms with van der Waals surface area (Å²) in [5.74, 6) is 0.896. The topological polar surface area (TPSA) is 26.3 Å². The van der Waals surface area contributed by atoms with E-state index in [9.17, 15) is 4.79 Å². The van der Waals surface area contributed by atoms with E-state index in [1.54, 1.807) is 0 Å². The molecule has 0 unspecified atom stereocenters. The van der Waals surface area contributed by atoms with Crippen LogP contribution in [-0.4, -0.2) is 6.29 Å². The van der Waals surface area contributed by atoms with Crippen molar-refractivity contribution in [2.24, 2.45) is 0 Å². The highest BCUT2D eigenvalue weighted by atomic mass is 127. The predicted octanol–water partition coefficient (Wildman–Crippen LogP) is 4.30. The molecule has 0 saturated heterocycles. The predicted molar refractivity (Wildman–Crippen MR) is 84.8 cm³/mol. The van der Waals surface area contributed by atoms with Crippen LogP contribution in [0, 0.1) is 17.4 Å². The number of carbonyl (C=O) groups excluding carboxylic acids is 1. The smallest absolute Gasteiger partial charge is 0.150 e. The Bertz CT molecular complexity index is 606. The minimum absolute atomic E-state index is 0.476. The van der Waals surface area contributed by atoms with Crippen LogP contribution in [0.3, 0.4) is 0 Å². The minimum atomic E-state index is 0.476. The zero-order valence-corrected chi connectivity index (χ0v) is 13.1. The summed E-state index contributed by atoms with van der Waals surface area (Å²) in [7, 11) is 0. The molecule has 0 spiro atoms. The molecule has 98 valence electrons. The highest BCUT2D eigenvalue weighted by Gasteiger charge is 2.05. The molecule has 2 aromatic carbocycles. The number of hydrogen-bond acceptors (Lipinski definition) is 2. The summed E-state index contributed by atoms with van der Waals surface area (Å²) in [6.07, 6.45) is 0.859. The van der Waals surface area contributed by atoms with E-state index in [4.69, 9.17) is 4.74 Å². The quantitative estimate of drug-likeness (QED) is 0.596. The average Bonchev–Trinajstić information content (AvgIpc) is 2.41. The first-order valence-electron chi connectivity index (χ1n) is 6.04. The monoisotopic (exact) mass is 366 g/mol. The molecule has 19 heavy (non-hydrogen) atoms. The van der Waals surface area contributed by atoms with Crippen molar-refractivity contribution in [2.45, 2.75) is 20.5 Å². The molecule has 0 atom stereocenters. The van der Waals surface area contributed by atoms with Crippen LogP contribution in [0.2, 0.25) is 0 Å². The zero-order valence-electron chi connectivity index (χ0n) is 10.9. The van der Waals surface area contributed by atoms with Gasteiger partial charge in [0, 0.05) is 14.7 Å². The lowest BCUT2D eigenvalue weighted by molar-refractivity contribution is 0.112. The molecule has 0 bridgehead atoms. The summed E-state index contributed by atoms with van der Waals surface area (Å²) in [5.41, 5.74) is 4.01. The second-order valence-corrected chi connectivity index (χ2v) is 5.69. The molecule has 0 heterocycles. The van der Waals surface area contributed by atoms with Crippen molar-refractivity contribution >= 4 is 28.9 Å². The Balaban J connectivity index is 2.18. The third-order valence-electron chi connectivity index (χ3n) is 2.93. The Morgan fingerprint density at radius 2 is 1.95 bits per heavy atom. The first-order valence-corrected chi connectivity index (χ1v) is 7.11. The summed E-state index contributed by atoms with van der Waals surface area (Å²) in [4.78, 5) is 10.8. The number of ether oxygens (including phenoxy) is 1. The summed E-state index contributed by atoms with van der Waals surface area (Å²) in [5, 5.41) is 0. The van der Waals surface area contributed by atoms with E-state index in [0.29, 0.717) is 12.2 Å². The Hall–Kier alpha value is -1.36. The molecule has 0 radical (unpaired) electrons. The molecule has 0 aliphatic heterocycles. The van der Waals surface area contributed by atoms with Gasteiger partial charge in [-0.3, -0.25) is 4.79 Å². The van der Waals surface area contributed by atoms with E-state index in [1.165, 1.54) is 5.56 Å². The molecule has 0 amide bonds. The number of aryl methyl sites for hydroxylation is 2. The number of aldehydes is 1. The number of benzene rings is 2. The Labute approximate surface area is 126 Å². The number of carbonyl (C=O) groups is 1. The van der Waals surface area contributed by atoms with Gasteiger partial charge < -0.3 is 4.74 Å². The SMILES string of the molecule is Cc1ccc(C)c(OCc2cc(C=O)ccc2I)c1. The second-order valence-electron chi connectivity index (χ2n) is 4.53. The molecule has 2 rings (SSSR count). The average molecular weight is 366 g/mol. The van der Waals surface area contributed by atoms with E-state index < -0.39 is 0 Å². The van der Waals surface area contributed by atoms with Crippen LogP contribution in [0.1, 0.15) is 27.0 Å². The maximum Gasteiger partial charge on any atom is 0.150 e. The lowest BCUT2D eigenvalue weighted by Crippen LogP contribution is -2.00. The lowest BCUT2D eigenvalue weighted by atomic mass is 10.1. The molecule has 0 N–H and O–H groups in total. The van der Waals surface area contributed by atoms with Gasteiger partial charge in [-0.1, -0.05) is 18.2 Å². The van der Waals surface area contributed by atoms with Crippen LogP contribution in [0.4, 0.5) is 0 Å². The zero-order chi connectivity index (χ0) is 13.8. The molecule has 2 nitrogen and oxygen atoms in total.